The van der Waals surface area contributed by atoms with Crippen molar-refractivity contribution in [3.05, 3.63) is 18.3 Å². The monoisotopic (exact) mass is 177 g/mol. The Kier molecular flexibility index (Phi) is 1.58. The van der Waals surface area contributed by atoms with E-state index in [2.05, 4.69) is 10.2 Å². The van der Waals surface area contributed by atoms with E-state index in [-0.39, 0.29) is 0 Å². The van der Waals surface area contributed by atoms with Gasteiger partial charge in [-0.25, -0.2) is 0 Å². The van der Waals surface area contributed by atoms with Gasteiger partial charge >= 0.3 is 0 Å². The highest BCUT2D eigenvalue weighted by atomic mass is 15.3. The van der Waals surface area contributed by atoms with Crippen LogP contribution in [0.1, 0.15) is 0 Å². The molecule has 2 aromatic rings. The molecule has 0 amide bonds. The normalized spacial score (nSPS) is 10.6. The van der Waals surface area contributed by atoms with Crippen molar-refractivity contribution in [1.82, 2.24) is 19.6 Å². The number of hydrogen-bond acceptors (Lipinski definition) is 3. The van der Waals surface area contributed by atoms with E-state index in [1.54, 1.807) is 15.6 Å². The van der Waals surface area contributed by atoms with Crippen LogP contribution in [0.4, 0.5) is 5.82 Å². The summed E-state index contributed by atoms with van der Waals surface area (Å²) in [6, 6.07) is 3.73. The zero-order valence-electron chi connectivity index (χ0n) is 7.60. The second-order valence-electron chi connectivity index (χ2n) is 2.92. The molecule has 0 aliphatic carbocycles. The number of nitrogens with two attached hydrogens (primary N) is 1. The number of aryl methyl sites for hydroxylation is 2. The van der Waals surface area contributed by atoms with Gasteiger partial charge in [-0.2, -0.15) is 10.2 Å². The van der Waals surface area contributed by atoms with Gasteiger partial charge in [-0.15, -0.1) is 0 Å². The lowest BCUT2D eigenvalue weighted by Crippen LogP contribution is -1.97. The lowest BCUT2D eigenvalue weighted by atomic mass is 10.3. The molecule has 5 heteroatoms. The summed E-state index contributed by atoms with van der Waals surface area (Å²) < 4.78 is 3.41. The summed E-state index contributed by atoms with van der Waals surface area (Å²) >= 11 is 0. The number of nitrogen functional groups attached to an aromatic ring is 1. The van der Waals surface area contributed by atoms with Crippen LogP contribution < -0.4 is 5.73 Å². The maximum Gasteiger partial charge on any atom is 0.122 e. The minimum atomic E-state index is 0.649. The third-order valence-corrected chi connectivity index (χ3v) is 2.00. The Morgan fingerprint density at radius 1 is 1.31 bits per heavy atom. The van der Waals surface area contributed by atoms with Crippen molar-refractivity contribution in [2.75, 3.05) is 5.73 Å². The van der Waals surface area contributed by atoms with Gasteiger partial charge in [-0.1, -0.05) is 0 Å². The minimum Gasteiger partial charge on any atom is -0.384 e. The first-order valence-electron chi connectivity index (χ1n) is 3.96. The molecule has 5 nitrogen and oxygen atoms in total. The molecule has 0 atom stereocenters. The van der Waals surface area contributed by atoms with Gasteiger partial charge in [-0.05, 0) is 6.07 Å². The molecule has 0 saturated carbocycles. The van der Waals surface area contributed by atoms with Gasteiger partial charge in [-0.3, -0.25) is 9.36 Å². The maximum absolute atomic E-state index is 5.67. The van der Waals surface area contributed by atoms with Crippen molar-refractivity contribution in [3.63, 3.8) is 0 Å². The average molecular weight is 177 g/mol. The number of rotatable bonds is 1. The molecule has 0 fully saturated rings. The van der Waals surface area contributed by atoms with Crippen LogP contribution in [0.5, 0.6) is 0 Å². The third-order valence-electron chi connectivity index (χ3n) is 2.00. The molecule has 13 heavy (non-hydrogen) atoms. The average Bonchev–Trinajstić information content (AvgIpc) is 2.60. The highest BCUT2D eigenvalue weighted by Gasteiger charge is 2.07. The van der Waals surface area contributed by atoms with Crippen LogP contribution in [0.3, 0.4) is 0 Å². The number of hydrogen-bond donors (Lipinski definition) is 1. The molecule has 0 aliphatic rings. The van der Waals surface area contributed by atoms with Crippen LogP contribution in [-0.2, 0) is 14.1 Å². The van der Waals surface area contributed by atoms with Crippen molar-refractivity contribution >= 4 is 5.82 Å². The Hall–Kier alpha value is -1.78. The van der Waals surface area contributed by atoms with Crippen molar-refractivity contribution in [1.29, 1.82) is 0 Å². The van der Waals surface area contributed by atoms with Crippen LogP contribution in [0.2, 0.25) is 0 Å². The third kappa shape index (κ3) is 1.18. The fraction of sp³-hybridized carbons (Fsp3) is 0.250. The Balaban J connectivity index is 2.53. The van der Waals surface area contributed by atoms with Gasteiger partial charge in [0.1, 0.15) is 11.5 Å². The number of nitrogens with zero attached hydrogens (tertiary/aromatic N) is 4. The van der Waals surface area contributed by atoms with Gasteiger partial charge < -0.3 is 5.73 Å². The molecule has 2 aromatic heterocycles. The predicted octanol–water partition coefficient (Wildman–Crippen LogP) is 0.403. The Morgan fingerprint density at radius 2 is 2.08 bits per heavy atom. The van der Waals surface area contributed by atoms with Crippen molar-refractivity contribution in [2.24, 2.45) is 14.1 Å². The SMILES string of the molecule is Cn1nc(-c2ccnn2C)cc1N. The molecular weight excluding hydrogens is 166 g/mol. The van der Waals surface area contributed by atoms with Gasteiger partial charge in [0, 0.05) is 26.4 Å². The molecule has 2 N–H and O–H groups in total. The number of aromatic nitrogens is 4. The van der Waals surface area contributed by atoms with Gasteiger partial charge in [0.25, 0.3) is 0 Å². The van der Waals surface area contributed by atoms with Crippen LogP contribution >= 0.6 is 0 Å². The van der Waals surface area contributed by atoms with E-state index in [1.807, 2.05) is 26.2 Å². The van der Waals surface area contributed by atoms with E-state index in [4.69, 9.17) is 5.73 Å². The van der Waals surface area contributed by atoms with Crippen LogP contribution in [0.15, 0.2) is 18.3 Å². The van der Waals surface area contributed by atoms with E-state index in [0.717, 1.165) is 11.4 Å². The molecule has 0 bridgehead atoms. The first-order valence-corrected chi connectivity index (χ1v) is 3.96. The highest BCUT2D eigenvalue weighted by molar-refractivity contribution is 5.58. The molecule has 2 rings (SSSR count). The molecule has 0 radical (unpaired) electrons. The molecule has 0 saturated heterocycles. The first-order chi connectivity index (χ1) is 6.18. The molecule has 68 valence electrons. The minimum absolute atomic E-state index is 0.649. The zero-order valence-corrected chi connectivity index (χ0v) is 7.60. The molecule has 0 aromatic carbocycles. The molecule has 0 unspecified atom stereocenters. The zero-order chi connectivity index (χ0) is 9.42. The van der Waals surface area contributed by atoms with E-state index < -0.39 is 0 Å². The second-order valence-corrected chi connectivity index (χ2v) is 2.92. The summed E-state index contributed by atoms with van der Waals surface area (Å²) in [5.74, 6) is 0.649. The van der Waals surface area contributed by atoms with E-state index in [0.29, 0.717) is 5.82 Å². The summed E-state index contributed by atoms with van der Waals surface area (Å²) in [6.07, 6.45) is 1.74. The molecule has 0 aliphatic heterocycles. The molecule has 0 spiro atoms. The highest BCUT2D eigenvalue weighted by Crippen LogP contribution is 2.17. The quantitative estimate of drug-likeness (QED) is 0.686. The standard InChI is InChI=1S/C8H11N5/c1-12-7(3-4-10-12)6-5-8(9)13(2)11-6/h3-5H,9H2,1-2H3. The summed E-state index contributed by atoms with van der Waals surface area (Å²) in [5.41, 5.74) is 7.48. The molecule has 2 heterocycles. The molecular formula is C8H11N5. The topological polar surface area (TPSA) is 61.7 Å². The van der Waals surface area contributed by atoms with Gasteiger partial charge in [0.15, 0.2) is 0 Å². The lowest BCUT2D eigenvalue weighted by Gasteiger charge is -1.95. The Bertz CT molecular complexity index is 406. The lowest BCUT2D eigenvalue weighted by molar-refractivity contribution is 0.754. The fourth-order valence-electron chi connectivity index (χ4n) is 1.23. The maximum atomic E-state index is 5.67. The summed E-state index contributed by atoms with van der Waals surface area (Å²) in [5, 5.41) is 8.30. The Morgan fingerprint density at radius 3 is 2.54 bits per heavy atom. The number of anilines is 1. The largest absolute Gasteiger partial charge is 0.384 e. The predicted molar refractivity (Wildman–Crippen MR) is 49.8 cm³/mol. The van der Waals surface area contributed by atoms with Gasteiger partial charge in [0.2, 0.25) is 0 Å². The van der Waals surface area contributed by atoms with Crippen LogP contribution in [0, 0.1) is 0 Å². The van der Waals surface area contributed by atoms with E-state index in [1.165, 1.54) is 0 Å². The summed E-state index contributed by atoms with van der Waals surface area (Å²) in [7, 11) is 3.69. The van der Waals surface area contributed by atoms with Crippen molar-refractivity contribution in [3.8, 4) is 11.4 Å². The smallest absolute Gasteiger partial charge is 0.122 e. The first kappa shape index (κ1) is 7.85. The van der Waals surface area contributed by atoms with E-state index >= 15 is 0 Å². The fourth-order valence-corrected chi connectivity index (χ4v) is 1.23. The Labute approximate surface area is 75.8 Å². The van der Waals surface area contributed by atoms with Crippen molar-refractivity contribution in [2.45, 2.75) is 0 Å². The second kappa shape index (κ2) is 2.62. The summed E-state index contributed by atoms with van der Waals surface area (Å²) in [6.45, 7) is 0. The van der Waals surface area contributed by atoms with Crippen molar-refractivity contribution < 1.29 is 0 Å². The van der Waals surface area contributed by atoms with Gasteiger partial charge in [0.05, 0.1) is 5.69 Å². The van der Waals surface area contributed by atoms with Crippen LogP contribution in [0.25, 0.3) is 11.4 Å². The van der Waals surface area contributed by atoms with E-state index in [9.17, 15) is 0 Å². The van der Waals surface area contributed by atoms with Crippen LogP contribution in [-0.4, -0.2) is 19.6 Å². The summed E-state index contributed by atoms with van der Waals surface area (Å²) in [4.78, 5) is 0.